The molecule has 0 spiro atoms. The fourth-order valence-corrected chi connectivity index (χ4v) is 2.98. The number of anilines is 1. The normalized spacial score (nSPS) is 10.8. The first-order valence-electron chi connectivity index (χ1n) is 6.38. The molecule has 2 aromatic heterocycles. The number of pyridine rings is 1. The highest BCUT2D eigenvalue weighted by molar-refractivity contribution is 7.11. The second kappa shape index (κ2) is 5.02. The van der Waals surface area contributed by atoms with Crippen LogP contribution < -0.4 is 5.32 Å². The number of fused-ring (bicyclic) bond motifs is 1. The summed E-state index contributed by atoms with van der Waals surface area (Å²) in [4.78, 5) is 7.33. The Hall–Kier alpha value is -1.87. The van der Waals surface area contributed by atoms with Crippen molar-refractivity contribution in [2.45, 2.75) is 20.4 Å². The Morgan fingerprint density at radius 3 is 2.74 bits per heavy atom. The van der Waals surface area contributed by atoms with Crippen LogP contribution in [0.4, 0.5) is 5.69 Å². The molecule has 0 fully saturated rings. The molecule has 0 aliphatic rings. The first-order chi connectivity index (χ1) is 9.22. The molecule has 0 amide bonds. The van der Waals surface area contributed by atoms with Crippen molar-refractivity contribution < 1.29 is 0 Å². The van der Waals surface area contributed by atoms with Gasteiger partial charge in [-0.2, -0.15) is 0 Å². The number of thiophene rings is 1. The van der Waals surface area contributed by atoms with Crippen molar-refractivity contribution in [3.05, 3.63) is 57.9 Å². The van der Waals surface area contributed by atoms with E-state index in [0.29, 0.717) is 0 Å². The first-order valence-corrected chi connectivity index (χ1v) is 7.19. The van der Waals surface area contributed by atoms with E-state index in [0.717, 1.165) is 23.4 Å². The van der Waals surface area contributed by atoms with Gasteiger partial charge >= 0.3 is 0 Å². The Morgan fingerprint density at radius 1 is 1.05 bits per heavy atom. The van der Waals surface area contributed by atoms with Gasteiger partial charge in [0.25, 0.3) is 0 Å². The summed E-state index contributed by atoms with van der Waals surface area (Å²) in [7, 11) is 0. The summed E-state index contributed by atoms with van der Waals surface area (Å²) in [5.74, 6) is 0. The number of benzene rings is 1. The van der Waals surface area contributed by atoms with Crippen molar-refractivity contribution >= 4 is 27.9 Å². The van der Waals surface area contributed by atoms with Crippen LogP contribution >= 0.6 is 11.3 Å². The van der Waals surface area contributed by atoms with Gasteiger partial charge in [-0.05, 0) is 38.1 Å². The number of rotatable bonds is 3. The average Bonchev–Trinajstić information content (AvgIpc) is 2.82. The third kappa shape index (κ3) is 2.61. The van der Waals surface area contributed by atoms with E-state index in [1.165, 1.54) is 15.1 Å². The van der Waals surface area contributed by atoms with Crippen LogP contribution in [0, 0.1) is 13.8 Å². The third-order valence-electron chi connectivity index (χ3n) is 3.11. The minimum Gasteiger partial charge on any atom is -0.378 e. The molecule has 3 aromatic rings. The Labute approximate surface area is 117 Å². The van der Waals surface area contributed by atoms with Crippen molar-refractivity contribution in [2.24, 2.45) is 0 Å². The topological polar surface area (TPSA) is 24.9 Å². The molecule has 0 saturated carbocycles. The Bertz CT molecular complexity index is 716. The second-order valence-electron chi connectivity index (χ2n) is 4.70. The fraction of sp³-hybridized carbons (Fsp3) is 0.188. The number of aryl methyl sites for hydroxylation is 2. The minimum atomic E-state index is 0.854. The molecule has 3 rings (SSSR count). The maximum atomic E-state index is 4.63. The van der Waals surface area contributed by atoms with Crippen molar-refractivity contribution in [1.82, 2.24) is 4.98 Å². The SMILES string of the molecule is Cc1ccc2cccc(NCc3ccc(C)s3)c2n1. The van der Waals surface area contributed by atoms with Gasteiger partial charge in [0.05, 0.1) is 11.2 Å². The molecule has 0 atom stereocenters. The van der Waals surface area contributed by atoms with Crippen LogP contribution in [0.15, 0.2) is 42.5 Å². The van der Waals surface area contributed by atoms with Gasteiger partial charge in [0, 0.05) is 27.4 Å². The molecule has 0 aliphatic heterocycles. The summed E-state index contributed by atoms with van der Waals surface area (Å²) in [5.41, 5.74) is 3.21. The molecule has 1 aromatic carbocycles. The summed E-state index contributed by atoms with van der Waals surface area (Å²) in [6.07, 6.45) is 0. The van der Waals surface area contributed by atoms with Crippen molar-refractivity contribution in [3.63, 3.8) is 0 Å². The second-order valence-corrected chi connectivity index (χ2v) is 6.07. The number of hydrogen-bond donors (Lipinski definition) is 1. The van der Waals surface area contributed by atoms with E-state index in [1.54, 1.807) is 0 Å². The Balaban J connectivity index is 1.90. The highest BCUT2D eigenvalue weighted by atomic mass is 32.1. The number of nitrogens with one attached hydrogen (secondary N) is 1. The van der Waals surface area contributed by atoms with Crippen LogP contribution in [0.3, 0.4) is 0 Å². The molecule has 1 N–H and O–H groups in total. The van der Waals surface area contributed by atoms with Crippen molar-refractivity contribution in [2.75, 3.05) is 5.32 Å². The lowest BCUT2D eigenvalue weighted by atomic mass is 10.1. The highest BCUT2D eigenvalue weighted by Gasteiger charge is 2.03. The highest BCUT2D eigenvalue weighted by Crippen LogP contribution is 2.23. The van der Waals surface area contributed by atoms with E-state index in [1.807, 2.05) is 18.3 Å². The zero-order valence-corrected chi connectivity index (χ0v) is 11.9. The summed E-state index contributed by atoms with van der Waals surface area (Å²) >= 11 is 1.83. The summed E-state index contributed by atoms with van der Waals surface area (Å²) in [5, 5.41) is 4.67. The summed E-state index contributed by atoms with van der Waals surface area (Å²) in [6, 6.07) is 14.8. The van der Waals surface area contributed by atoms with E-state index >= 15 is 0 Å². The van der Waals surface area contributed by atoms with Crippen LogP contribution in [-0.2, 0) is 6.54 Å². The maximum Gasteiger partial charge on any atom is 0.0936 e. The third-order valence-corrected chi connectivity index (χ3v) is 4.11. The molecular formula is C16H16N2S. The van der Waals surface area contributed by atoms with Crippen molar-refractivity contribution in [1.29, 1.82) is 0 Å². The average molecular weight is 268 g/mol. The molecule has 0 bridgehead atoms. The van der Waals surface area contributed by atoms with Crippen LogP contribution in [0.25, 0.3) is 10.9 Å². The predicted octanol–water partition coefficient (Wildman–Crippen LogP) is 4.53. The molecule has 2 nitrogen and oxygen atoms in total. The molecule has 3 heteroatoms. The van der Waals surface area contributed by atoms with Gasteiger partial charge in [-0.3, -0.25) is 4.98 Å². The van der Waals surface area contributed by atoms with Crippen LogP contribution in [0.5, 0.6) is 0 Å². The smallest absolute Gasteiger partial charge is 0.0936 e. The van der Waals surface area contributed by atoms with Crippen LogP contribution in [-0.4, -0.2) is 4.98 Å². The van der Waals surface area contributed by atoms with Crippen LogP contribution in [0.2, 0.25) is 0 Å². The van der Waals surface area contributed by atoms with Crippen LogP contribution in [0.1, 0.15) is 15.4 Å². The van der Waals surface area contributed by atoms with Gasteiger partial charge in [-0.25, -0.2) is 0 Å². The van der Waals surface area contributed by atoms with E-state index in [-0.39, 0.29) is 0 Å². The van der Waals surface area contributed by atoms with E-state index in [2.05, 4.69) is 59.7 Å². The lowest BCUT2D eigenvalue weighted by Crippen LogP contribution is -1.99. The largest absolute Gasteiger partial charge is 0.378 e. The molecule has 0 unspecified atom stereocenters. The lowest BCUT2D eigenvalue weighted by Gasteiger charge is -2.08. The standard InChI is InChI=1S/C16H16N2S/c1-11-6-8-13-4-3-5-15(16(13)18-11)17-10-14-9-7-12(2)19-14/h3-9,17H,10H2,1-2H3. The number of nitrogens with zero attached hydrogens (tertiary/aromatic N) is 1. The molecule has 19 heavy (non-hydrogen) atoms. The van der Waals surface area contributed by atoms with Gasteiger partial charge in [0.1, 0.15) is 0 Å². The number of hydrogen-bond acceptors (Lipinski definition) is 3. The summed E-state index contributed by atoms with van der Waals surface area (Å²) in [6.45, 7) is 5.02. The first kappa shape index (κ1) is 12.2. The van der Waals surface area contributed by atoms with Gasteiger partial charge in [0.15, 0.2) is 0 Å². The Morgan fingerprint density at radius 2 is 1.95 bits per heavy atom. The van der Waals surface area contributed by atoms with E-state index < -0.39 is 0 Å². The fourth-order valence-electron chi connectivity index (χ4n) is 2.15. The maximum absolute atomic E-state index is 4.63. The minimum absolute atomic E-state index is 0.854. The summed E-state index contributed by atoms with van der Waals surface area (Å²) < 4.78 is 0. The Kier molecular flexibility index (Phi) is 3.22. The van der Waals surface area contributed by atoms with Gasteiger partial charge in [-0.15, -0.1) is 11.3 Å². The van der Waals surface area contributed by atoms with E-state index in [4.69, 9.17) is 0 Å². The molecule has 96 valence electrons. The molecule has 0 radical (unpaired) electrons. The molecule has 2 heterocycles. The zero-order chi connectivity index (χ0) is 13.2. The quantitative estimate of drug-likeness (QED) is 0.755. The number of aromatic nitrogens is 1. The van der Waals surface area contributed by atoms with Gasteiger partial charge in [0.2, 0.25) is 0 Å². The van der Waals surface area contributed by atoms with E-state index in [9.17, 15) is 0 Å². The molecule has 0 saturated heterocycles. The molecule has 0 aliphatic carbocycles. The number of para-hydroxylation sites is 1. The monoisotopic (exact) mass is 268 g/mol. The van der Waals surface area contributed by atoms with Gasteiger partial charge < -0.3 is 5.32 Å². The zero-order valence-electron chi connectivity index (χ0n) is 11.1. The van der Waals surface area contributed by atoms with Gasteiger partial charge in [-0.1, -0.05) is 18.2 Å². The molecular weight excluding hydrogens is 252 g/mol. The van der Waals surface area contributed by atoms with Crippen molar-refractivity contribution in [3.8, 4) is 0 Å². The predicted molar refractivity (Wildman–Crippen MR) is 82.9 cm³/mol. The lowest BCUT2D eigenvalue weighted by molar-refractivity contribution is 1.18.